The van der Waals surface area contributed by atoms with Crippen LogP contribution in [0.1, 0.15) is 12.0 Å². The molecule has 0 aliphatic heterocycles. The maximum absolute atomic E-state index is 14.2. The third-order valence-corrected chi connectivity index (χ3v) is 5.67. The molecule has 0 radical (unpaired) electrons. The first-order chi connectivity index (χ1) is 18.1. The predicted octanol–water partition coefficient (Wildman–Crippen LogP) is 7.87. The lowest BCUT2D eigenvalue weighted by Gasteiger charge is -2.16. The molecule has 2 aromatic carbocycles. The molecular formula is C26H22ClF5N4O2. The molecule has 0 atom stereocenters. The molecule has 0 aliphatic carbocycles. The number of hydrogen-bond acceptors (Lipinski definition) is 5. The van der Waals surface area contributed by atoms with Gasteiger partial charge in [-0.3, -0.25) is 0 Å². The van der Waals surface area contributed by atoms with Crippen molar-refractivity contribution < 1.29 is 31.4 Å². The number of halogens is 6. The number of anilines is 2. The van der Waals surface area contributed by atoms with E-state index < -0.39 is 25.1 Å². The monoisotopic (exact) mass is 552 g/mol. The SMILES string of the molecule is C=CCC(F)(F)c1cccc(Oc2ccc(Nc3ncnc4ccn(CCOCC(F)(F)F)c34)cc2Cl)c1. The number of aromatic nitrogens is 3. The van der Waals surface area contributed by atoms with Gasteiger partial charge in [0.1, 0.15) is 29.9 Å². The van der Waals surface area contributed by atoms with Gasteiger partial charge in [0.15, 0.2) is 5.82 Å². The summed E-state index contributed by atoms with van der Waals surface area (Å²) in [5.74, 6) is -2.24. The summed E-state index contributed by atoms with van der Waals surface area (Å²) in [6, 6.07) is 12.1. The molecular weight excluding hydrogens is 531 g/mol. The second-order valence-corrected chi connectivity index (χ2v) is 8.64. The molecule has 1 N–H and O–H groups in total. The summed E-state index contributed by atoms with van der Waals surface area (Å²) in [6.45, 7) is 2.03. The van der Waals surface area contributed by atoms with E-state index in [4.69, 9.17) is 21.1 Å². The highest BCUT2D eigenvalue weighted by atomic mass is 35.5. The van der Waals surface area contributed by atoms with Crippen LogP contribution in [0.15, 0.2) is 73.7 Å². The smallest absolute Gasteiger partial charge is 0.411 e. The molecule has 6 nitrogen and oxygen atoms in total. The Morgan fingerprint density at radius 2 is 1.87 bits per heavy atom. The number of fused-ring (bicyclic) bond motifs is 1. The lowest BCUT2D eigenvalue weighted by atomic mass is 10.1. The Hall–Kier alpha value is -3.70. The molecule has 4 rings (SSSR count). The van der Waals surface area contributed by atoms with Crippen LogP contribution in [-0.4, -0.2) is 33.9 Å². The first kappa shape index (κ1) is 27.3. The molecule has 38 heavy (non-hydrogen) atoms. The zero-order valence-electron chi connectivity index (χ0n) is 19.8. The van der Waals surface area contributed by atoms with E-state index in [0.29, 0.717) is 22.5 Å². The van der Waals surface area contributed by atoms with E-state index in [2.05, 4.69) is 21.9 Å². The highest BCUT2D eigenvalue weighted by Crippen LogP contribution is 2.37. The van der Waals surface area contributed by atoms with Crippen molar-refractivity contribution >= 4 is 34.1 Å². The number of nitrogens with one attached hydrogen (secondary N) is 1. The van der Waals surface area contributed by atoms with Gasteiger partial charge < -0.3 is 19.4 Å². The van der Waals surface area contributed by atoms with Crippen molar-refractivity contribution in [1.82, 2.24) is 14.5 Å². The second kappa shape index (κ2) is 11.4. The first-order valence-corrected chi connectivity index (χ1v) is 11.7. The summed E-state index contributed by atoms with van der Waals surface area (Å²) in [7, 11) is 0. The molecule has 0 saturated carbocycles. The fraction of sp³-hybridized carbons (Fsp3) is 0.231. The van der Waals surface area contributed by atoms with Gasteiger partial charge in [-0.1, -0.05) is 29.8 Å². The molecule has 200 valence electrons. The van der Waals surface area contributed by atoms with Crippen LogP contribution in [0.2, 0.25) is 5.02 Å². The third-order valence-electron chi connectivity index (χ3n) is 5.37. The van der Waals surface area contributed by atoms with Gasteiger partial charge >= 0.3 is 6.18 Å². The third kappa shape index (κ3) is 6.78. The number of nitrogens with zero attached hydrogens (tertiary/aromatic N) is 3. The maximum atomic E-state index is 14.2. The Kier molecular flexibility index (Phi) is 8.17. The summed E-state index contributed by atoms with van der Waals surface area (Å²) >= 11 is 6.40. The molecule has 12 heteroatoms. The van der Waals surface area contributed by atoms with Crippen LogP contribution in [-0.2, 0) is 17.2 Å². The first-order valence-electron chi connectivity index (χ1n) is 11.3. The van der Waals surface area contributed by atoms with Gasteiger partial charge in [0.05, 0.1) is 17.1 Å². The van der Waals surface area contributed by atoms with Gasteiger partial charge in [0, 0.05) is 30.4 Å². The number of benzene rings is 2. The van der Waals surface area contributed by atoms with E-state index in [1.165, 1.54) is 24.5 Å². The van der Waals surface area contributed by atoms with Gasteiger partial charge in [0.2, 0.25) is 0 Å². The van der Waals surface area contributed by atoms with Gasteiger partial charge in [-0.25, -0.2) is 18.7 Å². The Morgan fingerprint density at radius 1 is 1.05 bits per heavy atom. The lowest BCUT2D eigenvalue weighted by Crippen LogP contribution is -2.19. The zero-order valence-corrected chi connectivity index (χ0v) is 20.6. The number of allylic oxidation sites excluding steroid dienone is 1. The number of ether oxygens (including phenoxy) is 2. The van der Waals surface area contributed by atoms with E-state index >= 15 is 0 Å². The minimum Gasteiger partial charge on any atom is -0.456 e. The van der Waals surface area contributed by atoms with E-state index in [0.717, 1.165) is 6.08 Å². The Morgan fingerprint density at radius 3 is 2.61 bits per heavy atom. The van der Waals surface area contributed by atoms with E-state index in [-0.39, 0.29) is 35.2 Å². The zero-order chi connectivity index (χ0) is 27.3. The molecule has 0 saturated heterocycles. The summed E-state index contributed by atoms with van der Waals surface area (Å²) in [5.41, 5.74) is 1.48. The van der Waals surface area contributed by atoms with Crippen LogP contribution >= 0.6 is 11.6 Å². The molecule has 2 heterocycles. The highest BCUT2D eigenvalue weighted by molar-refractivity contribution is 6.32. The largest absolute Gasteiger partial charge is 0.456 e. The van der Waals surface area contributed by atoms with Crippen LogP contribution < -0.4 is 10.1 Å². The van der Waals surface area contributed by atoms with Crippen LogP contribution in [0.25, 0.3) is 11.0 Å². The summed E-state index contributed by atoms with van der Waals surface area (Å²) < 4.78 is 77.6. The average molecular weight is 553 g/mol. The molecule has 0 amide bonds. The van der Waals surface area contributed by atoms with Gasteiger partial charge in [-0.05, 0) is 36.4 Å². The van der Waals surface area contributed by atoms with E-state index in [9.17, 15) is 22.0 Å². The molecule has 0 fully saturated rings. The maximum Gasteiger partial charge on any atom is 0.411 e. The van der Waals surface area contributed by atoms with Gasteiger partial charge in [-0.15, -0.1) is 6.58 Å². The molecule has 0 bridgehead atoms. The standard InChI is InChI=1S/C26H22ClF5N4O2/c1-2-9-25(28,29)17-4-3-5-19(13-17)38-22-7-6-18(14-20(22)27)35-24-23-21(33-16-34-24)8-10-36(23)11-12-37-15-26(30,31)32/h2-8,10,13-14,16H,1,9,11-12,15H2,(H,33,34,35). The van der Waals surface area contributed by atoms with Crippen molar-refractivity contribution in [3.63, 3.8) is 0 Å². The molecule has 0 spiro atoms. The summed E-state index contributed by atoms with van der Waals surface area (Å²) in [6.07, 6.45) is -0.720. The Bertz CT molecular complexity index is 1420. The van der Waals surface area contributed by atoms with Gasteiger partial charge in [-0.2, -0.15) is 13.2 Å². The Labute approximate surface area is 219 Å². The number of alkyl halides is 5. The van der Waals surface area contributed by atoms with E-state index in [1.54, 1.807) is 41.1 Å². The quantitative estimate of drug-likeness (QED) is 0.117. The Balaban J connectivity index is 1.49. The number of rotatable bonds is 11. The van der Waals surface area contributed by atoms with Crippen molar-refractivity contribution in [2.45, 2.75) is 25.1 Å². The lowest BCUT2D eigenvalue weighted by molar-refractivity contribution is -0.174. The van der Waals surface area contributed by atoms with Crippen LogP contribution in [0.4, 0.5) is 33.5 Å². The van der Waals surface area contributed by atoms with Crippen molar-refractivity contribution in [3.05, 3.63) is 84.3 Å². The predicted molar refractivity (Wildman–Crippen MR) is 134 cm³/mol. The van der Waals surface area contributed by atoms with Crippen LogP contribution in [0.3, 0.4) is 0 Å². The average Bonchev–Trinajstić information content (AvgIpc) is 3.27. The van der Waals surface area contributed by atoms with Crippen molar-refractivity contribution in [1.29, 1.82) is 0 Å². The molecule has 2 aromatic heterocycles. The minimum atomic E-state index is -4.40. The van der Waals surface area contributed by atoms with Gasteiger partial charge in [0.25, 0.3) is 5.92 Å². The fourth-order valence-corrected chi connectivity index (χ4v) is 3.89. The minimum absolute atomic E-state index is 0.153. The topological polar surface area (TPSA) is 61.2 Å². The van der Waals surface area contributed by atoms with Crippen molar-refractivity contribution in [2.75, 3.05) is 18.5 Å². The molecule has 0 unspecified atom stereocenters. The summed E-state index contributed by atoms with van der Waals surface area (Å²) in [5, 5.41) is 3.33. The highest BCUT2D eigenvalue weighted by Gasteiger charge is 2.30. The van der Waals surface area contributed by atoms with Crippen LogP contribution in [0, 0.1) is 0 Å². The molecule has 0 aliphatic rings. The van der Waals surface area contributed by atoms with Crippen molar-refractivity contribution in [2.24, 2.45) is 0 Å². The van der Waals surface area contributed by atoms with Crippen molar-refractivity contribution in [3.8, 4) is 11.5 Å². The second-order valence-electron chi connectivity index (χ2n) is 8.23. The fourth-order valence-electron chi connectivity index (χ4n) is 3.67. The normalized spacial score (nSPS) is 12.1. The van der Waals surface area contributed by atoms with Crippen LogP contribution in [0.5, 0.6) is 11.5 Å². The van der Waals surface area contributed by atoms with E-state index in [1.807, 2.05) is 0 Å². The summed E-state index contributed by atoms with van der Waals surface area (Å²) in [4.78, 5) is 8.44. The molecule has 4 aromatic rings. The number of hydrogen-bond donors (Lipinski definition) is 1.